The number of rotatable bonds is 2. The number of hydrogen-bond acceptors (Lipinski definition) is 3. The van der Waals surface area contributed by atoms with Crippen molar-refractivity contribution in [2.75, 3.05) is 7.11 Å². The Bertz CT molecular complexity index is 526. The average molecular weight is 237 g/mol. The first-order chi connectivity index (χ1) is 7.61. The normalized spacial score (nSPS) is 11.1. The summed E-state index contributed by atoms with van der Waals surface area (Å²) in [5.41, 5.74) is 2.42. The molecule has 0 aliphatic rings. The first kappa shape index (κ1) is 11.1. The van der Waals surface area contributed by atoms with Gasteiger partial charge in [0.2, 0.25) is 0 Å². The molecule has 0 aliphatic heterocycles. The van der Waals surface area contributed by atoms with Gasteiger partial charge in [-0.15, -0.1) is 0 Å². The van der Waals surface area contributed by atoms with Gasteiger partial charge in [-0.25, -0.2) is 9.97 Å². The molecule has 0 fully saturated rings. The lowest BCUT2D eigenvalue weighted by atomic mass is 10.1. The van der Waals surface area contributed by atoms with Gasteiger partial charge >= 0.3 is 0 Å². The number of nitrogens with zero attached hydrogens (tertiary/aromatic N) is 2. The second kappa shape index (κ2) is 4.26. The van der Waals surface area contributed by atoms with E-state index in [0.29, 0.717) is 5.15 Å². The van der Waals surface area contributed by atoms with Gasteiger partial charge in [0.1, 0.15) is 5.75 Å². The largest absolute Gasteiger partial charge is 0.497 e. The molecular weight excluding hydrogens is 224 g/mol. The van der Waals surface area contributed by atoms with E-state index < -0.39 is 0 Å². The van der Waals surface area contributed by atoms with Gasteiger partial charge in [-0.05, 0) is 18.1 Å². The fourth-order valence-electron chi connectivity index (χ4n) is 1.52. The first-order valence-corrected chi connectivity index (χ1v) is 5.51. The Morgan fingerprint density at radius 1 is 1.19 bits per heavy atom. The maximum Gasteiger partial charge on any atom is 0.151 e. The highest BCUT2D eigenvalue weighted by molar-refractivity contribution is 6.30. The molecule has 0 saturated carbocycles. The molecule has 3 nitrogen and oxygen atoms in total. The van der Waals surface area contributed by atoms with Crippen LogP contribution in [-0.2, 0) is 0 Å². The second-order valence-electron chi connectivity index (χ2n) is 3.91. The van der Waals surface area contributed by atoms with E-state index in [0.717, 1.165) is 22.5 Å². The van der Waals surface area contributed by atoms with Crippen molar-refractivity contribution in [3.8, 4) is 5.75 Å². The van der Waals surface area contributed by atoms with Crippen molar-refractivity contribution in [2.45, 2.75) is 19.8 Å². The van der Waals surface area contributed by atoms with E-state index in [4.69, 9.17) is 16.3 Å². The minimum atomic E-state index is 0.260. The lowest BCUT2D eigenvalue weighted by Crippen LogP contribution is -1.97. The molecule has 0 unspecified atom stereocenters. The van der Waals surface area contributed by atoms with E-state index in [9.17, 15) is 0 Å². The average Bonchev–Trinajstić information content (AvgIpc) is 2.27. The SMILES string of the molecule is COc1ccc2nc(Cl)c(C(C)C)nc2c1. The Morgan fingerprint density at radius 3 is 2.56 bits per heavy atom. The van der Waals surface area contributed by atoms with Crippen LogP contribution in [0.5, 0.6) is 5.75 Å². The van der Waals surface area contributed by atoms with Crippen LogP contribution in [0.4, 0.5) is 0 Å². The van der Waals surface area contributed by atoms with Crippen molar-refractivity contribution in [3.05, 3.63) is 29.0 Å². The minimum absolute atomic E-state index is 0.260. The molecule has 2 rings (SSSR count). The molecule has 16 heavy (non-hydrogen) atoms. The predicted octanol–water partition coefficient (Wildman–Crippen LogP) is 3.42. The topological polar surface area (TPSA) is 35.0 Å². The smallest absolute Gasteiger partial charge is 0.151 e. The highest BCUT2D eigenvalue weighted by Crippen LogP contribution is 2.25. The van der Waals surface area contributed by atoms with E-state index in [1.807, 2.05) is 32.0 Å². The number of methoxy groups -OCH3 is 1. The number of fused-ring (bicyclic) bond motifs is 1. The van der Waals surface area contributed by atoms with Gasteiger partial charge in [0.05, 0.1) is 23.8 Å². The number of benzene rings is 1. The molecule has 0 saturated heterocycles. The molecule has 0 atom stereocenters. The summed E-state index contributed by atoms with van der Waals surface area (Å²) in [4.78, 5) is 8.83. The van der Waals surface area contributed by atoms with Gasteiger partial charge in [-0.1, -0.05) is 25.4 Å². The lowest BCUT2D eigenvalue weighted by Gasteiger charge is -2.08. The van der Waals surface area contributed by atoms with Crippen LogP contribution in [0.3, 0.4) is 0 Å². The molecule has 1 aromatic carbocycles. The molecule has 1 aromatic heterocycles. The van der Waals surface area contributed by atoms with E-state index in [-0.39, 0.29) is 5.92 Å². The molecule has 0 radical (unpaired) electrons. The third-order valence-corrected chi connectivity index (χ3v) is 2.68. The molecule has 4 heteroatoms. The summed E-state index contributed by atoms with van der Waals surface area (Å²) >= 11 is 6.07. The van der Waals surface area contributed by atoms with Crippen LogP contribution in [-0.4, -0.2) is 17.1 Å². The van der Waals surface area contributed by atoms with Crippen molar-refractivity contribution in [2.24, 2.45) is 0 Å². The van der Waals surface area contributed by atoms with Crippen molar-refractivity contribution in [3.63, 3.8) is 0 Å². The molecular formula is C12H13ClN2O. The molecule has 0 bridgehead atoms. The van der Waals surface area contributed by atoms with Crippen LogP contribution < -0.4 is 4.74 Å². The quantitative estimate of drug-likeness (QED) is 0.802. The number of halogens is 1. The van der Waals surface area contributed by atoms with Crippen molar-refractivity contribution >= 4 is 22.6 Å². The third kappa shape index (κ3) is 1.95. The van der Waals surface area contributed by atoms with Crippen LogP contribution in [0.2, 0.25) is 5.15 Å². The second-order valence-corrected chi connectivity index (χ2v) is 4.27. The zero-order chi connectivity index (χ0) is 11.7. The summed E-state index contributed by atoms with van der Waals surface area (Å²) in [5.74, 6) is 1.04. The maximum absolute atomic E-state index is 6.07. The highest BCUT2D eigenvalue weighted by atomic mass is 35.5. The molecule has 0 spiro atoms. The summed E-state index contributed by atoms with van der Waals surface area (Å²) < 4.78 is 5.15. The van der Waals surface area contributed by atoms with Crippen LogP contribution >= 0.6 is 11.6 Å². The summed E-state index contributed by atoms with van der Waals surface area (Å²) in [6, 6.07) is 5.57. The summed E-state index contributed by atoms with van der Waals surface area (Å²) in [7, 11) is 1.63. The summed E-state index contributed by atoms with van der Waals surface area (Å²) in [6.07, 6.45) is 0. The molecule has 2 aromatic rings. The van der Waals surface area contributed by atoms with Crippen molar-refractivity contribution in [1.29, 1.82) is 0 Å². The van der Waals surface area contributed by atoms with Crippen LogP contribution in [0.15, 0.2) is 18.2 Å². The van der Waals surface area contributed by atoms with Crippen molar-refractivity contribution < 1.29 is 4.74 Å². The van der Waals surface area contributed by atoms with Gasteiger partial charge in [-0.2, -0.15) is 0 Å². The Labute approximate surface area is 99.4 Å². The number of aromatic nitrogens is 2. The maximum atomic E-state index is 6.07. The lowest BCUT2D eigenvalue weighted by molar-refractivity contribution is 0.415. The fourth-order valence-corrected chi connectivity index (χ4v) is 1.87. The Balaban J connectivity index is 2.65. The van der Waals surface area contributed by atoms with E-state index in [1.54, 1.807) is 7.11 Å². The highest BCUT2D eigenvalue weighted by Gasteiger charge is 2.10. The first-order valence-electron chi connectivity index (χ1n) is 5.13. The van der Waals surface area contributed by atoms with Gasteiger partial charge in [0.15, 0.2) is 5.15 Å². The van der Waals surface area contributed by atoms with Crippen LogP contribution in [0.1, 0.15) is 25.5 Å². The molecule has 0 amide bonds. The third-order valence-electron chi connectivity index (χ3n) is 2.40. The summed E-state index contributed by atoms with van der Waals surface area (Å²) in [6.45, 7) is 4.09. The Morgan fingerprint density at radius 2 is 1.94 bits per heavy atom. The van der Waals surface area contributed by atoms with Gasteiger partial charge < -0.3 is 4.74 Å². The van der Waals surface area contributed by atoms with E-state index in [2.05, 4.69) is 9.97 Å². The summed E-state index contributed by atoms with van der Waals surface area (Å²) in [5, 5.41) is 0.479. The Kier molecular flexibility index (Phi) is 2.97. The van der Waals surface area contributed by atoms with Gasteiger partial charge in [0.25, 0.3) is 0 Å². The number of hydrogen-bond donors (Lipinski definition) is 0. The minimum Gasteiger partial charge on any atom is -0.497 e. The van der Waals surface area contributed by atoms with E-state index >= 15 is 0 Å². The van der Waals surface area contributed by atoms with Gasteiger partial charge in [-0.3, -0.25) is 0 Å². The fraction of sp³-hybridized carbons (Fsp3) is 0.333. The molecule has 0 aliphatic carbocycles. The molecule has 84 valence electrons. The molecule has 1 heterocycles. The zero-order valence-electron chi connectivity index (χ0n) is 9.49. The monoisotopic (exact) mass is 236 g/mol. The predicted molar refractivity (Wildman–Crippen MR) is 65.2 cm³/mol. The van der Waals surface area contributed by atoms with Gasteiger partial charge in [0, 0.05) is 6.07 Å². The molecule has 0 N–H and O–H groups in total. The van der Waals surface area contributed by atoms with Crippen molar-refractivity contribution in [1.82, 2.24) is 9.97 Å². The standard InChI is InChI=1S/C12H13ClN2O/c1-7(2)11-12(13)15-9-5-4-8(16-3)6-10(9)14-11/h4-7H,1-3H3. The number of ether oxygens (including phenoxy) is 1. The Hall–Kier alpha value is -1.35. The van der Waals surface area contributed by atoms with Crippen LogP contribution in [0.25, 0.3) is 11.0 Å². The van der Waals surface area contributed by atoms with E-state index in [1.165, 1.54) is 0 Å². The van der Waals surface area contributed by atoms with Crippen LogP contribution in [0, 0.1) is 0 Å². The zero-order valence-corrected chi connectivity index (χ0v) is 10.2.